The van der Waals surface area contributed by atoms with Crippen LogP contribution in [-0.2, 0) is 4.74 Å². The predicted molar refractivity (Wildman–Crippen MR) is 145 cm³/mol. The molecule has 3 aromatic heterocycles. The van der Waals surface area contributed by atoms with Gasteiger partial charge in [-0.25, -0.2) is 19.4 Å². The molecule has 0 atom stereocenters. The molecule has 1 saturated heterocycles. The van der Waals surface area contributed by atoms with Crippen LogP contribution in [0.2, 0.25) is 5.02 Å². The minimum atomic E-state index is -0.523. The van der Waals surface area contributed by atoms with Crippen LogP contribution >= 0.6 is 11.6 Å². The fraction of sp³-hybridized carbons (Fsp3) is 0.333. The Hall–Kier alpha value is -4.25. The number of nitrogens with zero attached hydrogens (tertiary/aromatic N) is 8. The van der Waals surface area contributed by atoms with Gasteiger partial charge in [-0.3, -0.25) is 0 Å². The summed E-state index contributed by atoms with van der Waals surface area (Å²) in [5.41, 5.74) is 2.23. The molecule has 39 heavy (non-hydrogen) atoms. The topological polar surface area (TPSA) is 113 Å². The molecule has 11 nitrogen and oxygen atoms in total. The third-order valence-electron chi connectivity index (χ3n) is 6.45. The number of halogens is 1. The molecule has 0 aliphatic carbocycles. The molecule has 0 bridgehead atoms. The summed E-state index contributed by atoms with van der Waals surface area (Å²) >= 11 is 6.32. The molecule has 1 aliphatic heterocycles. The van der Waals surface area contributed by atoms with Crippen LogP contribution in [0.15, 0.2) is 55.0 Å². The van der Waals surface area contributed by atoms with Crippen LogP contribution < -0.4 is 4.74 Å². The predicted octanol–water partition coefficient (Wildman–Crippen LogP) is 5.58. The van der Waals surface area contributed by atoms with Gasteiger partial charge in [0.15, 0.2) is 11.4 Å². The zero-order valence-corrected chi connectivity index (χ0v) is 22.5. The Morgan fingerprint density at radius 2 is 1.74 bits per heavy atom. The van der Waals surface area contributed by atoms with E-state index in [1.54, 1.807) is 29.3 Å². The lowest BCUT2D eigenvalue weighted by Gasteiger charge is -2.33. The first-order chi connectivity index (χ1) is 18.7. The Bertz CT molecular complexity index is 1630. The monoisotopic (exact) mass is 546 g/mol. The lowest BCUT2D eigenvalue weighted by Crippen LogP contribution is -2.42. The van der Waals surface area contributed by atoms with E-state index in [0.717, 1.165) is 23.9 Å². The van der Waals surface area contributed by atoms with E-state index in [1.807, 2.05) is 49.7 Å². The van der Waals surface area contributed by atoms with Crippen LogP contribution in [0.3, 0.4) is 0 Å². The maximum atomic E-state index is 12.5. The SMILES string of the molecule is CC(C)(C)OC(=O)N1CCC(n2ncc3c(Oc4ccc(Cl)cc4-n4nc5ccccc5n4)ncnc32)CC1. The van der Waals surface area contributed by atoms with Crippen molar-refractivity contribution in [2.75, 3.05) is 13.1 Å². The van der Waals surface area contributed by atoms with Crippen LogP contribution in [0, 0.1) is 0 Å². The van der Waals surface area contributed by atoms with E-state index in [1.165, 1.54) is 11.1 Å². The van der Waals surface area contributed by atoms with Crippen molar-refractivity contribution in [1.82, 2.24) is 39.6 Å². The summed E-state index contributed by atoms with van der Waals surface area (Å²) in [6.07, 6.45) is 4.34. The second-order valence-electron chi connectivity index (χ2n) is 10.4. The third-order valence-corrected chi connectivity index (χ3v) is 6.68. The van der Waals surface area contributed by atoms with E-state index in [2.05, 4.69) is 25.3 Å². The van der Waals surface area contributed by atoms with Crippen molar-refractivity contribution < 1.29 is 14.3 Å². The first-order valence-electron chi connectivity index (χ1n) is 12.7. The van der Waals surface area contributed by atoms with Crippen molar-refractivity contribution in [3.63, 3.8) is 0 Å². The molecule has 4 heterocycles. The zero-order valence-electron chi connectivity index (χ0n) is 21.8. The van der Waals surface area contributed by atoms with Gasteiger partial charge < -0.3 is 14.4 Å². The van der Waals surface area contributed by atoms with Gasteiger partial charge in [-0.15, -0.1) is 15.0 Å². The average molecular weight is 547 g/mol. The van der Waals surface area contributed by atoms with Crippen molar-refractivity contribution in [1.29, 1.82) is 0 Å². The first kappa shape index (κ1) is 25.1. The van der Waals surface area contributed by atoms with E-state index in [-0.39, 0.29) is 12.1 Å². The smallest absolute Gasteiger partial charge is 0.410 e. The lowest BCUT2D eigenvalue weighted by molar-refractivity contribution is 0.0186. The number of aromatic nitrogens is 7. The number of carbonyl (C=O) groups is 1. The quantitative estimate of drug-likeness (QED) is 0.287. The zero-order chi connectivity index (χ0) is 27.1. The molecule has 2 aromatic carbocycles. The molecule has 0 spiro atoms. The maximum Gasteiger partial charge on any atom is 0.410 e. The summed E-state index contributed by atoms with van der Waals surface area (Å²) < 4.78 is 13.7. The highest BCUT2D eigenvalue weighted by Gasteiger charge is 2.29. The Labute approximate surface area is 229 Å². The molecule has 1 fully saturated rings. The second-order valence-corrected chi connectivity index (χ2v) is 10.8. The van der Waals surface area contributed by atoms with Gasteiger partial charge in [-0.2, -0.15) is 5.10 Å². The molecule has 0 N–H and O–H groups in total. The minimum absolute atomic E-state index is 0.0794. The summed E-state index contributed by atoms with van der Waals surface area (Å²) in [6.45, 7) is 6.76. The molecular weight excluding hydrogens is 520 g/mol. The maximum absolute atomic E-state index is 12.5. The van der Waals surface area contributed by atoms with Crippen LogP contribution in [0.5, 0.6) is 11.6 Å². The summed E-state index contributed by atoms with van der Waals surface area (Å²) in [5, 5.41) is 15.0. The van der Waals surface area contributed by atoms with E-state index in [9.17, 15) is 4.79 Å². The Morgan fingerprint density at radius 1 is 1.03 bits per heavy atom. The largest absolute Gasteiger partial charge is 0.444 e. The van der Waals surface area contributed by atoms with Gasteiger partial charge in [0.05, 0.1) is 12.2 Å². The van der Waals surface area contributed by atoms with Gasteiger partial charge in [0.25, 0.3) is 0 Å². The normalized spacial score (nSPS) is 14.7. The summed E-state index contributed by atoms with van der Waals surface area (Å²) in [4.78, 5) is 24.6. The van der Waals surface area contributed by atoms with Gasteiger partial charge in [0.1, 0.15) is 34.0 Å². The Kier molecular flexibility index (Phi) is 6.30. The van der Waals surface area contributed by atoms with Crippen LogP contribution in [-0.4, -0.2) is 64.4 Å². The Balaban J connectivity index is 1.25. The molecule has 1 amide bonds. The molecule has 200 valence electrons. The highest BCUT2D eigenvalue weighted by Crippen LogP contribution is 2.34. The van der Waals surface area contributed by atoms with Crippen molar-refractivity contribution in [3.05, 3.63) is 60.0 Å². The Morgan fingerprint density at radius 3 is 2.44 bits per heavy atom. The van der Waals surface area contributed by atoms with Crippen molar-refractivity contribution >= 4 is 39.8 Å². The highest BCUT2D eigenvalue weighted by molar-refractivity contribution is 6.30. The molecule has 0 saturated carbocycles. The molecule has 12 heteroatoms. The number of benzene rings is 2. The third kappa shape index (κ3) is 5.09. The van der Waals surface area contributed by atoms with E-state index >= 15 is 0 Å². The fourth-order valence-electron chi connectivity index (χ4n) is 4.61. The number of ether oxygens (including phenoxy) is 2. The molecular formula is C27H27ClN8O3. The molecule has 0 radical (unpaired) electrons. The van der Waals surface area contributed by atoms with Gasteiger partial charge in [0.2, 0.25) is 5.88 Å². The van der Waals surface area contributed by atoms with E-state index in [4.69, 9.17) is 21.1 Å². The molecule has 6 rings (SSSR count). The number of fused-ring (bicyclic) bond motifs is 2. The fourth-order valence-corrected chi connectivity index (χ4v) is 4.78. The number of likely N-dealkylation sites (tertiary alicyclic amines) is 1. The van der Waals surface area contributed by atoms with Gasteiger partial charge in [0, 0.05) is 18.1 Å². The number of hydrogen-bond acceptors (Lipinski definition) is 8. The number of carbonyl (C=O) groups excluding carboxylic acids is 1. The van der Waals surface area contributed by atoms with Gasteiger partial charge in [-0.1, -0.05) is 23.7 Å². The summed E-state index contributed by atoms with van der Waals surface area (Å²) in [7, 11) is 0. The van der Waals surface area contributed by atoms with E-state index in [0.29, 0.717) is 46.5 Å². The number of piperidine rings is 1. The lowest BCUT2D eigenvalue weighted by atomic mass is 10.1. The molecule has 0 unspecified atom stereocenters. The average Bonchev–Trinajstić information content (AvgIpc) is 3.54. The van der Waals surface area contributed by atoms with Crippen molar-refractivity contribution in [3.8, 4) is 17.3 Å². The summed E-state index contributed by atoms with van der Waals surface area (Å²) in [6, 6.07) is 12.9. The standard InChI is InChI=1S/C27H27ClN8O3/c1-27(2,3)39-26(37)34-12-10-18(11-13-34)35-24-19(15-31-35)25(30-16-29-24)38-23-9-8-17(28)14-22(23)36-32-20-6-4-5-7-21(20)33-36/h4-9,14-16,18H,10-13H2,1-3H3. The molecule has 1 aliphatic rings. The number of hydrogen-bond donors (Lipinski definition) is 0. The first-order valence-corrected chi connectivity index (χ1v) is 13.1. The van der Waals surface area contributed by atoms with Crippen molar-refractivity contribution in [2.24, 2.45) is 0 Å². The summed E-state index contributed by atoms with van der Waals surface area (Å²) in [5.74, 6) is 0.843. The van der Waals surface area contributed by atoms with E-state index < -0.39 is 5.60 Å². The minimum Gasteiger partial charge on any atom is -0.444 e. The van der Waals surface area contributed by atoms with Crippen LogP contribution in [0.25, 0.3) is 27.8 Å². The highest BCUT2D eigenvalue weighted by atomic mass is 35.5. The van der Waals surface area contributed by atoms with Crippen LogP contribution in [0.4, 0.5) is 4.79 Å². The number of amides is 1. The van der Waals surface area contributed by atoms with Crippen molar-refractivity contribution in [2.45, 2.75) is 45.3 Å². The molecule has 5 aromatic rings. The second kappa shape index (κ2) is 9.81. The number of rotatable bonds is 4. The van der Waals surface area contributed by atoms with Gasteiger partial charge in [-0.05, 0) is 63.9 Å². The van der Waals surface area contributed by atoms with Crippen LogP contribution in [0.1, 0.15) is 39.7 Å². The van der Waals surface area contributed by atoms with Gasteiger partial charge >= 0.3 is 6.09 Å².